The van der Waals surface area contributed by atoms with E-state index in [9.17, 15) is 0 Å². The third-order valence-electron chi connectivity index (χ3n) is 3.69. The summed E-state index contributed by atoms with van der Waals surface area (Å²) in [5, 5.41) is 8.62. The molecule has 2 rings (SSSR count). The summed E-state index contributed by atoms with van der Waals surface area (Å²) in [7, 11) is 0. The minimum Gasteiger partial charge on any atom is -0.296 e. The first-order valence-corrected chi connectivity index (χ1v) is 5.45. The average Bonchev–Trinajstić information content (AvgIpc) is 2.07. The standard InChI is InChI=1S/C11H18N2/c1-9(6-7-12)13-8-10-4-2-3-5-11(10)13/h9-11H,2-6,8H2,1H3/t9?,10-,11-/m1/s1. The maximum absolute atomic E-state index is 8.62. The molecule has 0 aromatic heterocycles. The maximum atomic E-state index is 8.62. The molecule has 1 heterocycles. The molecule has 1 aliphatic carbocycles. The smallest absolute Gasteiger partial charge is 0.0638 e. The Kier molecular flexibility index (Phi) is 2.55. The summed E-state index contributed by atoms with van der Waals surface area (Å²) in [4.78, 5) is 2.53. The molecule has 2 nitrogen and oxygen atoms in total. The van der Waals surface area contributed by atoms with Gasteiger partial charge in [-0.15, -0.1) is 0 Å². The van der Waals surface area contributed by atoms with Crippen molar-refractivity contribution in [3.8, 4) is 6.07 Å². The van der Waals surface area contributed by atoms with E-state index in [4.69, 9.17) is 5.26 Å². The Morgan fingerprint density at radius 1 is 1.46 bits per heavy atom. The average molecular weight is 178 g/mol. The largest absolute Gasteiger partial charge is 0.296 e. The molecule has 0 N–H and O–H groups in total. The molecule has 72 valence electrons. The van der Waals surface area contributed by atoms with Crippen LogP contribution < -0.4 is 0 Å². The molecule has 0 aromatic carbocycles. The highest BCUT2D eigenvalue weighted by Gasteiger charge is 2.41. The van der Waals surface area contributed by atoms with Crippen LogP contribution >= 0.6 is 0 Å². The number of fused-ring (bicyclic) bond motifs is 1. The fraction of sp³-hybridized carbons (Fsp3) is 0.909. The van der Waals surface area contributed by atoms with Gasteiger partial charge in [0.1, 0.15) is 0 Å². The molecule has 2 aliphatic rings. The van der Waals surface area contributed by atoms with E-state index < -0.39 is 0 Å². The predicted molar refractivity (Wildman–Crippen MR) is 52.1 cm³/mol. The molecule has 3 atom stereocenters. The summed E-state index contributed by atoms with van der Waals surface area (Å²) in [6, 6.07) is 3.59. The van der Waals surface area contributed by atoms with Gasteiger partial charge in [-0.1, -0.05) is 12.8 Å². The van der Waals surface area contributed by atoms with Crippen LogP contribution in [0.15, 0.2) is 0 Å². The SMILES string of the molecule is CC(CC#N)N1C[C@H]2CCCC[C@H]21. The van der Waals surface area contributed by atoms with Crippen molar-refractivity contribution in [2.24, 2.45) is 5.92 Å². The quantitative estimate of drug-likeness (QED) is 0.648. The second-order valence-electron chi connectivity index (χ2n) is 4.52. The molecule has 2 heteroatoms. The van der Waals surface area contributed by atoms with Crippen molar-refractivity contribution in [3.63, 3.8) is 0 Å². The van der Waals surface area contributed by atoms with E-state index in [-0.39, 0.29) is 0 Å². The molecule has 1 unspecified atom stereocenters. The van der Waals surface area contributed by atoms with Crippen molar-refractivity contribution < 1.29 is 0 Å². The third kappa shape index (κ3) is 1.58. The van der Waals surface area contributed by atoms with E-state index in [1.807, 2.05) is 0 Å². The summed E-state index contributed by atoms with van der Waals surface area (Å²) in [6.45, 7) is 3.45. The molecule has 13 heavy (non-hydrogen) atoms. The first kappa shape index (κ1) is 9.02. The Morgan fingerprint density at radius 3 is 2.92 bits per heavy atom. The van der Waals surface area contributed by atoms with Gasteiger partial charge in [-0.3, -0.25) is 4.90 Å². The molecule has 2 fully saturated rings. The lowest BCUT2D eigenvalue weighted by atomic mass is 9.76. The van der Waals surface area contributed by atoms with Crippen LogP contribution in [0.3, 0.4) is 0 Å². The van der Waals surface area contributed by atoms with Crippen molar-refractivity contribution in [2.45, 2.75) is 51.1 Å². The molecule has 0 bridgehead atoms. The highest BCUT2D eigenvalue weighted by molar-refractivity contribution is 4.97. The Hall–Kier alpha value is -0.550. The lowest BCUT2D eigenvalue weighted by molar-refractivity contribution is -0.0406. The second kappa shape index (κ2) is 3.67. The van der Waals surface area contributed by atoms with Crippen LogP contribution in [0.5, 0.6) is 0 Å². The van der Waals surface area contributed by atoms with Crippen LogP contribution in [0.4, 0.5) is 0 Å². The molecule has 1 saturated carbocycles. The Morgan fingerprint density at radius 2 is 2.23 bits per heavy atom. The van der Waals surface area contributed by atoms with E-state index in [0.29, 0.717) is 12.5 Å². The van der Waals surface area contributed by atoms with Crippen LogP contribution in [0, 0.1) is 17.2 Å². The van der Waals surface area contributed by atoms with E-state index in [1.54, 1.807) is 0 Å². The zero-order valence-electron chi connectivity index (χ0n) is 8.37. The summed E-state index contributed by atoms with van der Waals surface area (Å²) in [5.41, 5.74) is 0. The zero-order valence-corrected chi connectivity index (χ0v) is 8.37. The Balaban J connectivity index is 1.87. The van der Waals surface area contributed by atoms with Crippen molar-refractivity contribution in [1.29, 1.82) is 5.26 Å². The molecular weight excluding hydrogens is 160 g/mol. The van der Waals surface area contributed by atoms with Crippen LogP contribution in [0.2, 0.25) is 0 Å². The predicted octanol–water partition coefficient (Wildman–Crippen LogP) is 2.16. The van der Waals surface area contributed by atoms with Crippen LogP contribution in [-0.4, -0.2) is 23.5 Å². The first-order chi connectivity index (χ1) is 6.33. The van der Waals surface area contributed by atoms with E-state index in [1.165, 1.54) is 32.2 Å². The minimum absolute atomic E-state index is 0.490. The van der Waals surface area contributed by atoms with Gasteiger partial charge in [-0.2, -0.15) is 5.26 Å². The molecular formula is C11H18N2. The van der Waals surface area contributed by atoms with Crippen LogP contribution in [-0.2, 0) is 0 Å². The summed E-state index contributed by atoms with van der Waals surface area (Å²) < 4.78 is 0. The lowest BCUT2D eigenvalue weighted by Crippen LogP contribution is -2.60. The molecule has 1 aliphatic heterocycles. The fourth-order valence-electron chi connectivity index (χ4n) is 2.86. The van der Waals surface area contributed by atoms with Crippen molar-refractivity contribution in [3.05, 3.63) is 0 Å². The van der Waals surface area contributed by atoms with Gasteiger partial charge in [0.05, 0.1) is 12.5 Å². The van der Waals surface area contributed by atoms with Crippen molar-refractivity contribution in [2.75, 3.05) is 6.54 Å². The Bertz CT molecular complexity index is 219. The van der Waals surface area contributed by atoms with Gasteiger partial charge in [0.2, 0.25) is 0 Å². The lowest BCUT2D eigenvalue weighted by Gasteiger charge is -2.53. The fourth-order valence-corrected chi connectivity index (χ4v) is 2.86. The van der Waals surface area contributed by atoms with Crippen LogP contribution in [0.25, 0.3) is 0 Å². The summed E-state index contributed by atoms with van der Waals surface area (Å²) in [6.07, 6.45) is 6.34. The molecule has 0 radical (unpaired) electrons. The van der Waals surface area contributed by atoms with Crippen molar-refractivity contribution >= 4 is 0 Å². The number of hydrogen-bond donors (Lipinski definition) is 0. The van der Waals surface area contributed by atoms with Gasteiger partial charge in [-0.25, -0.2) is 0 Å². The van der Waals surface area contributed by atoms with E-state index in [2.05, 4.69) is 17.9 Å². The topological polar surface area (TPSA) is 27.0 Å². The number of likely N-dealkylation sites (tertiary alicyclic amines) is 1. The van der Waals surface area contributed by atoms with Gasteiger partial charge in [0, 0.05) is 18.6 Å². The number of rotatable bonds is 2. The first-order valence-electron chi connectivity index (χ1n) is 5.45. The minimum atomic E-state index is 0.490. The van der Waals surface area contributed by atoms with Gasteiger partial charge in [-0.05, 0) is 25.7 Å². The monoisotopic (exact) mass is 178 g/mol. The third-order valence-corrected chi connectivity index (χ3v) is 3.69. The number of nitriles is 1. The van der Waals surface area contributed by atoms with Gasteiger partial charge in [0.15, 0.2) is 0 Å². The van der Waals surface area contributed by atoms with E-state index >= 15 is 0 Å². The van der Waals surface area contributed by atoms with Crippen LogP contribution in [0.1, 0.15) is 39.0 Å². The normalized spacial score (nSPS) is 35.7. The molecule has 0 aromatic rings. The molecule has 0 amide bonds. The van der Waals surface area contributed by atoms with Crippen molar-refractivity contribution in [1.82, 2.24) is 4.90 Å². The summed E-state index contributed by atoms with van der Waals surface area (Å²) >= 11 is 0. The highest BCUT2D eigenvalue weighted by Crippen LogP contribution is 2.38. The number of hydrogen-bond acceptors (Lipinski definition) is 2. The molecule has 0 spiro atoms. The summed E-state index contributed by atoms with van der Waals surface area (Å²) in [5.74, 6) is 0.967. The van der Waals surface area contributed by atoms with Gasteiger partial charge in [0.25, 0.3) is 0 Å². The van der Waals surface area contributed by atoms with Gasteiger partial charge < -0.3 is 0 Å². The second-order valence-corrected chi connectivity index (χ2v) is 4.52. The zero-order chi connectivity index (χ0) is 9.26. The van der Waals surface area contributed by atoms with E-state index in [0.717, 1.165) is 12.0 Å². The molecule has 1 saturated heterocycles. The maximum Gasteiger partial charge on any atom is 0.0638 e. The Labute approximate surface area is 80.5 Å². The number of nitrogens with zero attached hydrogens (tertiary/aromatic N) is 2. The van der Waals surface area contributed by atoms with Gasteiger partial charge >= 0.3 is 0 Å². The highest BCUT2D eigenvalue weighted by atomic mass is 15.2.